The third-order valence-electron chi connectivity index (χ3n) is 1.40. The van der Waals surface area contributed by atoms with Crippen molar-refractivity contribution >= 4 is 0 Å². The molecule has 0 radical (unpaired) electrons. The molecule has 0 bridgehead atoms. The van der Waals surface area contributed by atoms with Crippen LogP contribution in [-0.2, 0) is 0 Å². The van der Waals surface area contributed by atoms with E-state index in [4.69, 9.17) is 0 Å². The van der Waals surface area contributed by atoms with E-state index in [9.17, 15) is 4.39 Å². The Morgan fingerprint density at radius 1 is 1.27 bits per heavy atom. The minimum atomic E-state index is -0.255. The molecule has 0 saturated carbocycles. The highest BCUT2D eigenvalue weighted by Gasteiger charge is 2.02. The van der Waals surface area contributed by atoms with Crippen molar-refractivity contribution in [2.24, 2.45) is 0 Å². The molecule has 1 aromatic heterocycles. The van der Waals surface area contributed by atoms with Crippen molar-refractivity contribution in [1.29, 1.82) is 0 Å². The Balaban J connectivity index is 2.38. The summed E-state index contributed by atoms with van der Waals surface area (Å²) in [7, 11) is 0. The van der Waals surface area contributed by atoms with Gasteiger partial charge < -0.3 is 0 Å². The molecule has 0 fully saturated rings. The minimum absolute atomic E-state index is 0.255. The van der Waals surface area contributed by atoms with Crippen molar-refractivity contribution in [2.75, 3.05) is 0 Å². The van der Waals surface area contributed by atoms with Crippen molar-refractivity contribution < 1.29 is 9.02 Å². The standard InChI is InChI=1S/C7H5FN2O/c8-6-3-1-5(2-4-6)7-9-11-10-7/h1-4H,(H,9,10). The van der Waals surface area contributed by atoms with Crippen LogP contribution in [0.15, 0.2) is 28.9 Å². The lowest BCUT2D eigenvalue weighted by molar-refractivity contribution is 0.233. The van der Waals surface area contributed by atoms with Crippen LogP contribution in [-0.4, -0.2) is 10.3 Å². The third kappa shape index (κ3) is 1.02. The van der Waals surface area contributed by atoms with Crippen LogP contribution < -0.4 is 0 Å². The van der Waals surface area contributed by atoms with E-state index in [0.29, 0.717) is 5.82 Å². The molecule has 56 valence electrons. The minimum Gasteiger partial charge on any atom is -0.267 e. The van der Waals surface area contributed by atoms with Gasteiger partial charge in [0.05, 0.1) is 0 Å². The number of aromatic amines is 1. The highest BCUT2D eigenvalue weighted by atomic mass is 19.1. The lowest BCUT2D eigenvalue weighted by atomic mass is 10.2. The molecule has 0 saturated heterocycles. The predicted octanol–water partition coefficient (Wildman–Crippen LogP) is 1.81. The lowest BCUT2D eigenvalue weighted by Crippen LogP contribution is -1.91. The molecule has 4 heteroatoms. The first-order chi connectivity index (χ1) is 5.36. The summed E-state index contributed by atoms with van der Waals surface area (Å²) in [4.78, 5) is 0. The molecule has 0 aliphatic rings. The number of hydrogen-bond acceptors (Lipinski definition) is 2. The van der Waals surface area contributed by atoms with E-state index >= 15 is 0 Å². The van der Waals surface area contributed by atoms with Crippen LogP contribution in [0.25, 0.3) is 11.4 Å². The number of halogens is 1. The van der Waals surface area contributed by atoms with E-state index in [1.165, 1.54) is 12.1 Å². The first kappa shape index (κ1) is 6.15. The molecule has 1 heterocycles. The van der Waals surface area contributed by atoms with Gasteiger partial charge in [-0.25, -0.2) is 4.39 Å². The van der Waals surface area contributed by atoms with Crippen LogP contribution in [0.1, 0.15) is 0 Å². The molecule has 0 atom stereocenters. The summed E-state index contributed by atoms with van der Waals surface area (Å²) in [6, 6.07) is 6.00. The largest absolute Gasteiger partial charge is 0.267 e. The average Bonchev–Trinajstić information content (AvgIpc) is 1.90. The predicted molar refractivity (Wildman–Crippen MR) is 36.2 cm³/mol. The monoisotopic (exact) mass is 152 g/mol. The Labute approximate surface area is 61.8 Å². The lowest BCUT2D eigenvalue weighted by Gasteiger charge is -1.99. The Hall–Kier alpha value is -1.58. The fourth-order valence-corrected chi connectivity index (χ4v) is 0.811. The van der Waals surface area contributed by atoms with Crippen LogP contribution in [0, 0.1) is 5.82 Å². The van der Waals surface area contributed by atoms with E-state index < -0.39 is 0 Å². The van der Waals surface area contributed by atoms with E-state index in [-0.39, 0.29) is 5.82 Å². The number of hydrogen-bond donors (Lipinski definition) is 1. The normalized spacial score (nSPS) is 10.3. The zero-order valence-corrected chi connectivity index (χ0v) is 5.54. The van der Waals surface area contributed by atoms with Crippen molar-refractivity contribution in [3.63, 3.8) is 0 Å². The molecule has 0 spiro atoms. The summed E-state index contributed by atoms with van der Waals surface area (Å²) in [6.45, 7) is 0. The summed E-state index contributed by atoms with van der Waals surface area (Å²) < 4.78 is 16.7. The number of H-pyrrole nitrogens is 1. The van der Waals surface area contributed by atoms with Crippen LogP contribution in [0.5, 0.6) is 0 Å². The van der Waals surface area contributed by atoms with Gasteiger partial charge in [0, 0.05) is 5.56 Å². The molecule has 2 aromatic rings. The maximum Gasteiger partial charge on any atom is 0.211 e. The third-order valence-corrected chi connectivity index (χ3v) is 1.40. The first-order valence-electron chi connectivity index (χ1n) is 3.12. The van der Waals surface area contributed by atoms with Gasteiger partial charge in [-0.3, -0.25) is 4.63 Å². The summed E-state index contributed by atoms with van der Waals surface area (Å²) >= 11 is 0. The van der Waals surface area contributed by atoms with Gasteiger partial charge in [-0.05, 0) is 29.4 Å². The quantitative estimate of drug-likeness (QED) is 0.677. The zero-order valence-electron chi connectivity index (χ0n) is 5.54. The Morgan fingerprint density at radius 2 is 1.91 bits per heavy atom. The number of rotatable bonds is 1. The van der Waals surface area contributed by atoms with Crippen LogP contribution >= 0.6 is 0 Å². The van der Waals surface area contributed by atoms with Gasteiger partial charge in [0.25, 0.3) is 0 Å². The van der Waals surface area contributed by atoms with Crippen LogP contribution in [0.4, 0.5) is 4.39 Å². The Morgan fingerprint density at radius 3 is 2.36 bits per heavy atom. The second-order valence-corrected chi connectivity index (χ2v) is 2.14. The molecular weight excluding hydrogens is 147 g/mol. The summed E-state index contributed by atoms with van der Waals surface area (Å²) in [5.74, 6) is 0.375. The van der Waals surface area contributed by atoms with Crippen molar-refractivity contribution in [2.45, 2.75) is 0 Å². The first-order valence-corrected chi connectivity index (χ1v) is 3.12. The van der Waals surface area contributed by atoms with Crippen molar-refractivity contribution in [3.8, 4) is 11.4 Å². The van der Waals surface area contributed by atoms with E-state index in [1.54, 1.807) is 12.1 Å². The Kier molecular flexibility index (Phi) is 1.25. The van der Waals surface area contributed by atoms with Gasteiger partial charge >= 0.3 is 0 Å². The number of nitrogens with one attached hydrogen (secondary N) is 1. The molecular formula is C7H5FN2O. The smallest absolute Gasteiger partial charge is 0.211 e. The van der Waals surface area contributed by atoms with Crippen molar-refractivity contribution in [3.05, 3.63) is 30.1 Å². The van der Waals surface area contributed by atoms with E-state index in [2.05, 4.69) is 14.9 Å². The van der Waals surface area contributed by atoms with Crippen molar-refractivity contribution in [1.82, 2.24) is 10.3 Å². The SMILES string of the molecule is Fc1ccc(-c2no[nH]2)cc1. The summed E-state index contributed by atoms with van der Waals surface area (Å²) in [5.41, 5.74) is 0.817. The zero-order chi connectivity index (χ0) is 7.68. The molecule has 3 nitrogen and oxygen atoms in total. The van der Waals surface area contributed by atoms with Gasteiger partial charge in [0.2, 0.25) is 5.82 Å². The highest BCUT2D eigenvalue weighted by molar-refractivity contribution is 5.53. The van der Waals surface area contributed by atoms with Gasteiger partial charge in [-0.2, -0.15) is 5.16 Å². The van der Waals surface area contributed by atoms with E-state index in [1.807, 2.05) is 0 Å². The molecule has 11 heavy (non-hydrogen) atoms. The summed E-state index contributed by atoms with van der Waals surface area (Å²) in [6.07, 6.45) is 0. The maximum absolute atomic E-state index is 12.4. The maximum atomic E-state index is 12.4. The van der Waals surface area contributed by atoms with Crippen LogP contribution in [0.3, 0.4) is 0 Å². The molecule has 0 amide bonds. The van der Waals surface area contributed by atoms with Gasteiger partial charge in [-0.1, -0.05) is 0 Å². The molecule has 0 aliphatic carbocycles. The second-order valence-electron chi connectivity index (χ2n) is 2.14. The Bertz CT molecular complexity index is 326. The van der Waals surface area contributed by atoms with Gasteiger partial charge in [0.15, 0.2) is 0 Å². The fraction of sp³-hybridized carbons (Fsp3) is 0. The molecule has 0 unspecified atom stereocenters. The van der Waals surface area contributed by atoms with Crippen LogP contribution in [0.2, 0.25) is 0 Å². The van der Waals surface area contributed by atoms with Gasteiger partial charge in [0.1, 0.15) is 5.82 Å². The topological polar surface area (TPSA) is 41.8 Å². The number of aromatic nitrogens is 2. The fourth-order valence-electron chi connectivity index (χ4n) is 0.811. The second kappa shape index (κ2) is 2.23. The molecule has 2 rings (SSSR count). The number of benzene rings is 1. The van der Waals surface area contributed by atoms with Gasteiger partial charge in [-0.15, -0.1) is 0 Å². The molecule has 1 aromatic carbocycles. The van der Waals surface area contributed by atoms with E-state index in [0.717, 1.165) is 5.56 Å². The highest BCUT2D eigenvalue weighted by Crippen LogP contribution is 2.14. The average molecular weight is 152 g/mol. The number of nitrogens with zero attached hydrogens (tertiary/aromatic N) is 1. The molecule has 1 N–H and O–H groups in total. The molecule has 0 aliphatic heterocycles. The summed E-state index contributed by atoms with van der Waals surface area (Å²) in [5, 5.41) is 6.06.